The highest BCUT2D eigenvalue weighted by atomic mass is 16.6. The van der Waals surface area contributed by atoms with Crippen molar-refractivity contribution in [2.24, 2.45) is 5.92 Å². The Morgan fingerprint density at radius 1 is 0.647 bits per heavy atom. The van der Waals surface area contributed by atoms with Crippen LogP contribution in [0.2, 0.25) is 0 Å². The minimum Gasteiger partial charge on any atom is -0.480 e. The first-order chi connectivity index (χ1) is 32.7. The molecule has 17 heteroatoms. The highest BCUT2D eigenvalue weighted by molar-refractivity contribution is 5.95. The molecule has 0 saturated carbocycles. The van der Waals surface area contributed by atoms with Crippen molar-refractivity contribution in [3.8, 4) is 11.1 Å². The van der Waals surface area contributed by atoms with Gasteiger partial charge in [0, 0.05) is 26.1 Å². The zero-order chi connectivity index (χ0) is 48.5. The van der Waals surface area contributed by atoms with E-state index in [0.717, 1.165) is 47.2 Å². The van der Waals surface area contributed by atoms with Crippen LogP contribution in [-0.4, -0.2) is 123 Å². The number of carboxylic acids is 1. The summed E-state index contributed by atoms with van der Waals surface area (Å²) in [5.74, 6) is -4.08. The lowest BCUT2D eigenvalue weighted by atomic mass is 9.98. The van der Waals surface area contributed by atoms with Crippen molar-refractivity contribution in [3.05, 3.63) is 131 Å². The van der Waals surface area contributed by atoms with E-state index >= 15 is 0 Å². The topological polar surface area (TPSA) is 196 Å². The molecule has 4 aromatic rings. The highest BCUT2D eigenvalue weighted by Crippen LogP contribution is 2.44. The summed E-state index contributed by atoms with van der Waals surface area (Å²) in [5.41, 5.74) is 5.31. The molecule has 2 N–H and O–H groups in total. The molecule has 17 nitrogen and oxygen atoms in total. The number of hydrazine groups is 2. The zero-order valence-corrected chi connectivity index (χ0v) is 38.7. The van der Waals surface area contributed by atoms with E-state index < -0.39 is 66.1 Å². The summed E-state index contributed by atoms with van der Waals surface area (Å²) in [6.07, 6.45) is -2.02. The molecule has 2 heterocycles. The Morgan fingerprint density at radius 3 is 1.65 bits per heavy atom. The van der Waals surface area contributed by atoms with E-state index in [1.54, 1.807) is 48.5 Å². The fraction of sp³-hybridized carbons (Fsp3) is 0.392. The fourth-order valence-corrected chi connectivity index (χ4v) is 8.98. The van der Waals surface area contributed by atoms with Gasteiger partial charge in [-0.2, -0.15) is 0 Å². The Hall–Kier alpha value is -7.43. The van der Waals surface area contributed by atoms with Gasteiger partial charge in [0.25, 0.3) is 5.91 Å². The lowest BCUT2D eigenvalue weighted by Gasteiger charge is -2.45. The zero-order valence-electron chi connectivity index (χ0n) is 38.7. The van der Waals surface area contributed by atoms with E-state index in [2.05, 4.69) is 5.32 Å². The van der Waals surface area contributed by atoms with Gasteiger partial charge in [-0.05, 0) is 78.3 Å². The molecular weight excluding hydrogens is 873 g/mol. The van der Waals surface area contributed by atoms with Crippen LogP contribution in [0.25, 0.3) is 11.1 Å². The monoisotopic (exact) mass is 930 g/mol. The van der Waals surface area contributed by atoms with Crippen LogP contribution in [0.5, 0.6) is 0 Å². The number of benzene rings is 4. The highest BCUT2D eigenvalue weighted by Gasteiger charge is 2.47. The number of aliphatic carboxylic acids is 1. The number of nitrogens with zero attached hydrogens (tertiary/aromatic N) is 5. The minimum absolute atomic E-state index is 0.0125. The summed E-state index contributed by atoms with van der Waals surface area (Å²) in [6.45, 7) is 4.66. The Balaban J connectivity index is 1.15. The molecule has 0 spiro atoms. The number of amides is 6. The van der Waals surface area contributed by atoms with E-state index in [4.69, 9.17) is 14.2 Å². The minimum atomic E-state index is -1.38. The Bertz CT molecular complexity index is 2430. The molecule has 0 radical (unpaired) electrons. The predicted molar refractivity (Wildman–Crippen MR) is 248 cm³/mol. The van der Waals surface area contributed by atoms with Crippen molar-refractivity contribution in [1.29, 1.82) is 0 Å². The molecule has 2 fully saturated rings. The van der Waals surface area contributed by atoms with Crippen molar-refractivity contribution in [2.75, 3.05) is 26.7 Å². The third kappa shape index (κ3) is 10.9. The average Bonchev–Trinajstić information content (AvgIpc) is 3.68. The number of rotatable bonds is 14. The Morgan fingerprint density at radius 2 is 1.13 bits per heavy atom. The van der Waals surface area contributed by atoms with Crippen LogP contribution in [0.4, 0.5) is 14.4 Å². The first-order valence-electron chi connectivity index (χ1n) is 23.0. The quantitative estimate of drug-likeness (QED) is 0.124. The normalized spacial score (nSPS) is 17.6. The van der Waals surface area contributed by atoms with Gasteiger partial charge < -0.3 is 29.5 Å². The van der Waals surface area contributed by atoms with Gasteiger partial charge in [-0.1, -0.05) is 123 Å². The molecule has 2 aliphatic heterocycles. The standard InChI is InChI=1S/C51H58N6O11/c1-33(2)29-42(48(61)62)52-45(58)43-25-15-27-54(49(63)66-30-35-17-7-5-8-18-35)56(43)46(59)34(3)53(4)47(60)44-26-16-28-55(50(64)67-31-36-19-9-6-10-20-36)57(44)51(65)68-32-41-39-23-13-11-21-37(39)38-22-12-14-24-40(38)41/h5-14,17-24,33-34,41-44H,15-16,25-32H2,1-4H3,(H,52,58)(H,61,62)/t34-,42-,43+,44+/m0/s1. The van der Waals surface area contributed by atoms with Crippen molar-refractivity contribution in [3.63, 3.8) is 0 Å². The average molecular weight is 931 g/mol. The van der Waals surface area contributed by atoms with Gasteiger partial charge in [0.2, 0.25) is 11.8 Å². The van der Waals surface area contributed by atoms with Crippen molar-refractivity contribution < 1.29 is 52.9 Å². The number of hydrogen-bond donors (Lipinski definition) is 2. The summed E-state index contributed by atoms with van der Waals surface area (Å²) in [4.78, 5) is 99.4. The molecule has 358 valence electrons. The second kappa shape index (κ2) is 21.9. The van der Waals surface area contributed by atoms with E-state index in [0.29, 0.717) is 11.1 Å². The van der Waals surface area contributed by atoms with Gasteiger partial charge in [-0.25, -0.2) is 39.2 Å². The third-order valence-corrected chi connectivity index (χ3v) is 12.6. The van der Waals surface area contributed by atoms with Crippen LogP contribution >= 0.6 is 0 Å². The first-order valence-corrected chi connectivity index (χ1v) is 23.0. The summed E-state index contributed by atoms with van der Waals surface area (Å²) in [5, 5.41) is 16.5. The van der Waals surface area contributed by atoms with Crippen LogP contribution in [0.1, 0.15) is 81.0 Å². The van der Waals surface area contributed by atoms with Gasteiger partial charge in [0.1, 0.15) is 44.0 Å². The molecule has 3 aliphatic rings. The molecule has 0 bridgehead atoms. The third-order valence-electron chi connectivity index (χ3n) is 12.6. The van der Waals surface area contributed by atoms with E-state index in [-0.39, 0.29) is 76.9 Å². The molecule has 1 aliphatic carbocycles. The number of carboxylic acid groups (broad SMARTS) is 1. The Labute approximate surface area is 395 Å². The molecular formula is C51H58N6O11. The number of hydrogen-bond acceptors (Lipinski definition) is 10. The van der Waals surface area contributed by atoms with Crippen LogP contribution in [0.3, 0.4) is 0 Å². The van der Waals surface area contributed by atoms with Crippen molar-refractivity contribution in [2.45, 2.75) is 96.2 Å². The molecule has 7 rings (SSSR count). The molecule has 4 aromatic carbocycles. The maximum absolute atomic E-state index is 14.9. The first kappa shape index (κ1) is 48.5. The van der Waals surface area contributed by atoms with Crippen LogP contribution in [0, 0.1) is 5.92 Å². The van der Waals surface area contributed by atoms with Crippen LogP contribution in [-0.2, 0) is 46.6 Å². The van der Waals surface area contributed by atoms with Gasteiger partial charge >= 0.3 is 24.2 Å². The summed E-state index contributed by atoms with van der Waals surface area (Å²) >= 11 is 0. The number of carbonyl (C=O) groups excluding carboxylic acids is 6. The predicted octanol–water partition coefficient (Wildman–Crippen LogP) is 6.96. The smallest absolute Gasteiger partial charge is 0.429 e. The van der Waals surface area contributed by atoms with Crippen molar-refractivity contribution in [1.82, 2.24) is 30.3 Å². The largest absolute Gasteiger partial charge is 0.480 e. The van der Waals surface area contributed by atoms with Crippen LogP contribution in [0.15, 0.2) is 109 Å². The lowest BCUT2D eigenvalue weighted by molar-refractivity contribution is -0.171. The van der Waals surface area contributed by atoms with Gasteiger partial charge in [0.05, 0.1) is 0 Å². The molecule has 2 saturated heterocycles. The summed E-state index contributed by atoms with van der Waals surface area (Å²) < 4.78 is 17.4. The SMILES string of the molecule is CC(C)C[C@H](NC(=O)[C@H]1CCCN(C(=O)OCc2ccccc2)N1C(=O)[C@H](C)N(C)C(=O)[C@H]1CCCN(C(=O)OCc2ccccc2)N1C(=O)OCC1c2ccccc2-c2ccccc21)C(=O)O. The molecule has 0 unspecified atom stereocenters. The number of fused-ring (bicyclic) bond motifs is 3. The summed E-state index contributed by atoms with van der Waals surface area (Å²) in [6, 6.07) is 28.1. The molecule has 4 atom stereocenters. The van der Waals surface area contributed by atoms with E-state index in [1.807, 2.05) is 74.5 Å². The number of likely N-dealkylation sites (N-methyl/N-ethyl adjacent to an activating group) is 1. The summed E-state index contributed by atoms with van der Waals surface area (Å²) in [7, 11) is 1.35. The second-order valence-electron chi connectivity index (χ2n) is 17.6. The maximum Gasteiger partial charge on any atom is 0.429 e. The number of ether oxygens (including phenoxy) is 3. The van der Waals surface area contributed by atoms with Gasteiger partial charge in [-0.3, -0.25) is 14.4 Å². The number of carbonyl (C=O) groups is 7. The molecule has 68 heavy (non-hydrogen) atoms. The van der Waals surface area contributed by atoms with Gasteiger partial charge in [0.15, 0.2) is 0 Å². The molecule has 0 aromatic heterocycles. The van der Waals surface area contributed by atoms with Gasteiger partial charge in [-0.15, -0.1) is 0 Å². The second-order valence-corrected chi connectivity index (χ2v) is 17.6. The lowest BCUT2D eigenvalue weighted by Crippen LogP contribution is -2.67. The van der Waals surface area contributed by atoms with E-state index in [9.17, 15) is 38.7 Å². The molecule has 6 amide bonds. The maximum atomic E-state index is 14.9. The Kier molecular flexibility index (Phi) is 15.6. The fourth-order valence-electron chi connectivity index (χ4n) is 8.98. The van der Waals surface area contributed by atoms with Crippen LogP contribution < -0.4 is 5.32 Å². The van der Waals surface area contributed by atoms with E-state index in [1.165, 1.54) is 14.0 Å². The van der Waals surface area contributed by atoms with Crippen molar-refractivity contribution >= 4 is 42.0 Å². The number of nitrogens with one attached hydrogen (secondary N) is 1.